The van der Waals surface area contributed by atoms with Crippen LogP contribution in [0.25, 0.3) is 6.08 Å². The Hall–Kier alpha value is -3.65. The molecular weight excluding hydrogens is 440 g/mol. The van der Waals surface area contributed by atoms with Crippen molar-refractivity contribution in [3.63, 3.8) is 0 Å². The number of thiocarbonyl (C=S) groups is 1. The van der Waals surface area contributed by atoms with Gasteiger partial charge in [0.1, 0.15) is 11.3 Å². The average molecular weight is 467 g/mol. The fourth-order valence-corrected chi connectivity index (χ4v) is 3.79. The molecular formula is C25H26N2O5S. The van der Waals surface area contributed by atoms with Gasteiger partial charge < -0.3 is 14.2 Å². The summed E-state index contributed by atoms with van der Waals surface area (Å²) in [4.78, 5) is 27.3. The Morgan fingerprint density at radius 1 is 1.12 bits per heavy atom. The summed E-state index contributed by atoms with van der Waals surface area (Å²) in [6, 6.07) is 10.5. The second-order valence-corrected chi connectivity index (χ2v) is 7.41. The highest BCUT2D eigenvalue weighted by molar-refractivity contribution is 7.80. The molecule has 3 rings (SSSR count). The molecule has 0 atom stereocenters. The summed E-state index contributed by atoms with van der Waals surface area (Å²) in [6.45, 7) is 8.44. The summed E-state index contributed by atoms with van der Waals surface area (Å²) in [7, 11) is 1.57. The number of nitrogens with one attached hydrogen (secondary N) is 1. The lowest BCUT2D eigenvalue weighted by Crippen LogP contribution is -2.54. The maximum absolute atomic E-state index is 13.4. The topological polar surface area (TPSA) is 77.1 Å². The molecule has 2 aromatic carbocycles. The first-order chi connectivity index (χ1) is 15.9. The minimum atomic E-state index is -0.568. The van der Waals surface area contributed by atoms with E-state index in [4.69, 9.17) is 26.4 Å². The molecule has 33 heavy (non-hydrogen) atoms. The van der Waals surface area contributed by atoms with E-state index < -0.39 is 11.8 Å². The highest BCUT2D eigenvalue weighted by atomic mass is 32.1. The van der Waals surface area contributed by atoms with E-state index in [1.165, 1.54) is 11.0 Å². The number of ether oxygens (including phenoxy) is 3. The summed E-state index contributed by atoms with van der Waals surface area (Å²) < 4.78 is 16.8. The fourth-order valence-electron chi connectivity index (χ4n) is 3.51. The minimum Gasteiger partial charge on any atom is -0.494 e. The zero-order valence-electron chi connectivity index (χ0n) is 18.8. The van der Waals surface area contributed by atoms with E-state index in [9.17, 15) is 9.59 Å². The molecule has 0 aliphatic carbocycles. The number of rotatable bonds is 9. The second-order valence-electron chi connectivity index (χ2n) is 7.03. The Labute approximate surface area is 198 Å². The van der Waals surface area contributed by atoms with E-state index in [1.54, 1.807) is 43.5 Å². The van der Waals surface area contributed by atoms with Crippen LogP contribution in [-0.2, 0) is 16.0 Å². The van der Waals surface area contributed by atoms with E-state index in [-0.39, 0.29) is 10.7 Å². The maximum Gasteiger partial charge on any atom is 0.270 e. The van der Waals surface area contributed by atoms with Gasteiger partial charge in [0, 0.05) is 11.6 Å². The molecule has 0 aromatic heterocycles. The number of amides is 2. The number of benzene rings is 2. The van der Waals surface area contributed by atoms with Gasteiger partial charge in [-0.15, -0.1) is 6.58 Å². The maximum atomic E-state index is 13.4. The average Bonchev–Trinajstić information content (AvgIpc) is 2.77. The van der Waals surface area contributed by atoms with Crippen molar-refractivity contribution in [1.82, 2.24) is 5.32 Å². The Bertz CT molecular complexity index is 1130. The lowest BCUT2D eigenvalue weighted by molar-refractivity contribution is -0.122. The summed E-state index contributed by atoms with van der Waals surface area (Å²) in [5.74, 6) is 0.608. The summed E-state index contributed by atoms with van der Waals surface area (Å²) in [5.41, 5.74) is 1.89. The quantitative estimate of drug-likeness (QED) is 0.260. The molecule has 2 aromatic rings. The second kappa shape index (κ2) is 10.8. The lowest BCUT2D eigenvalue weighted by Gasteiger charge is -2.29. The van der Waals surface area contributed by atoms with Crippen LogP contribution in [0.2, 0.25) is 0 Å². The SMILES string of the molecule is C=CCc1cc(/C=C2\C(=O)NC(=S)N(c3cccc(OCC)c3)C2=O)cc(OCC)c1OC. The fraction of sp³-hybridized carbons (Fsp3) is 0.240. The Balaban J connectivity index is 2.06. The molecule has 8 heteroatoms. The van der Waals surface area contributed by atoms with Crippen LogP contribution >= 0.6 is 12.2 Å². The first kappa shape index (κ1) is 24.0. The van der Waals surface area contributed by atoms with E-state index in [0.29, 0.717) is 48.1 Å². The van der Waals surface area contributed by atoms with Gasteiger partial charge in [0.25, 0.3) is 11.8 Å². The van der Waals surface area contributed by atoms with Crippen LogP contribution in [0.4, 0.5) is 5.69 Å². The molecule has 0 unspecified atom stereocenters. The molecule has 1 aliphatic rings. The van der Waals surface area contributed by atoms with Gasteiger partial charge in [0.05, 0.1) is 26.0 Å². The molecule has 0 radical (unpaired) electrons. The van der Waals surface area contributed by atoms with Crippen LogP contribution in [-0.4, -0.2) is 37.3 Å². The van der Waals surface area contributed by atoms with Crippen molar-refractivity contribution in [2.75, 3.05) is 25.2 Å². The van der Waals surface area contributed by atoms with Gasteiger partial charge in [0.2, 0.25) is 0 Å². The first-order valence-electron chi connectivity index (χ1n) is 10.5. The summed E-state index contributed by atoms with van der Waals surface area (Å²) in [5, 5.41) is 2.61. The number of methoxy groups -OCH3 is 1. The minimum absolute atomic E-state index is 0.00730. The van der Waals surface area contributed by atoms with Crippen molar-refractivity contribution < 1.29 is 23.8 Å². The monoisotopic (exact) mass is 466 g/mol. The summed E-state index contributed by atoms with van der Waals surface area (Å²) >= 11 is 5.29. The standard InChI is InChI=1S/C25H26N2O5S/c1-5-9-17-12-16(14-21(32-7-3)22(17)30-4)13-20-23(28)26-25(33)27(24(20)29)18-10-8-11-19(15-18)31-6-2/h5,8,10-15H,1,6-7,9H2,2-4H3,(H,26,28,33)/b20-13+. The number of hydrogen-bond donors (Lipinski definition) is 1. The zero-order chi connectivity index (χ0) is 24.0. The number of anilines is 1. The molecule has 1 N–H and O–H groups in total. The molecule has 0 spiro atoms. The molecule has 1 aliphatic heterocycles. The van der Waals surface area contributed by atoms with Gasteiger partial charge in [0.15, 0.2) is 16.6 Å². The molecule has 1 fully saturated rings. The Morgan fingerprint density at radius 2 is 1.88 bits per heavy atom. The molecule has 1 saturated heterocycles. The van der Waals surface area contributed by atoms with Crippen LogP contribution in [0.15, 0.2) is 54.6 Å². The Morgan fingerprint density at radius 3 is 2.55 bits per heavy atom. The largest absolute Gasteiger partial charge is 0.494 e. The molecule has 172 valence electrons. The van der Waals surface area contributed by atoms with Crippen molar-refractivity contribution in [2.24, 2.45) is 0 Å². The molecule has 7 nitrogen and oxygen atoms in total. The molecule has 0 bridgehead atoms. The van der Waals surface area contributed by atoms with Crippen LogP contribution < -0.4 is 24.4 Å². The zero-order valence-corrected chi connectivity index (χ0v) is 19.7. The van der Waals surface area contributed by atoms with E-state index in [2.05, 4.69) is 11.9 Å². The summed E-state index contributed by atoms with van der Waals surface area (Å²) in [6.07, 6.45) is 3.79. The van der Waals surface area contributed by atoms with Gasteiger partial charge >= 0.3 is 0 Å². The van der Waals surface area contributed by atoms with Gasteiger partial charge in [-0.1, -0.05) is 12.1 Å². The number of carbonyl (C=O) groups excluding carboxylic acids is 2. The van der Waals surface area contributed by atoms with Crippen molar-refractivity contribution in [3.8, 4) is 17.2 Å². The van der Waals surface area contributed by atoms with Gasteiger partial charge in [-0.2, -0.15) is 0 Å². The van der Waals surface area contributed by atoms with E-state index >= 15 is 0 Å². The predicted molar refractivity (Wildman–Crippen MR) is 132 cm³/mol. The Kier molecular flexibility index (Phi) is 7.84. The van der Waals surface area contributed by atoms with E-state index in [1.807, 2.05) is 19.9 Å². The predicted octanol–water partition coefficient (Wildman–Crippen LogP) is 4.05. The lowest BCUT2D eigenvalue weighted by atomic mass is 10.0. The highest BCUT2D eigenvalue weighted by Crippen LogP contribution is 2.35. The number of allylic oxidation sites excluding steroid dienone is 1. The van der Waals surface area contributed by atoms with Gasteiger partial charge in [-0.25, -0.2) is 0 Å². The molecule has 2 amide bonds. The van der Waals surface area contributed by atoms with Crippen LogP contribution in [0.5, 0.6) is 17.2 Å². The molecule has 0 saturated carbocycles. The van der Waals surface area contributed by atoms with Crippen LogP contribution in [0, 0.1) is 0 Å². The smallest absolute Gasteiger partial charge is 0.270 e. The van der Waals surface area contributed by atoms with Crippen LogP contribution in [0.1, 0.15) is 25.0 Å². The number of hydrogen-bond acceptors (Lipinski definition) is 6. The van der Waals surface area contributed by atoms with Crippen molar-refractivity contribution in [3.05, 3.63) is 65.8 Å². The number of carbonyl (C=O) groups is 2. The van der Waals surface area contributed by atoms with Crippen molar-refractivity contribution >= 4 is 40.9 Å². The van der Waals surface area contributed by atoms with Crippen LogP contribution in [0.3, 0.4) is 0 Å². The van der Waals surface area contributed by atoms with Gasteiger partial charge in [-0.3, -0.25) is 19.8 Å². The molecule has 1 heterocycles. The third kappa shape index (κ3) is 5.23. The van der Waals surface area contributed by atoms with Gasteiger partial charge in [-0.05, 0) is 68.4 Å². The highest BCUT2D eigenvalue weighted by Gasteiger charge is 2.34. The third-order valence-electron chi connectivity index (χ3n) is 4.82. The van der Waals surface area contributed by atoms with E-state index in [0.717, 1.165) is 5.56 Å². The van der Waals surface area contributed by atoms with Crippen molar-refractivity contribution in [2.45, 2.75) is 20.3 Å². The first-order valence-corrected chi connectivity index (χ1v) is 10.9. The number of nitrogens with zero attached hydrogens (tertiary/aromatic N) is 1. The third-order valence-corrected chi connectivity index (χ3v) is 5.11. The van der Waals surface area contributed by atoms with Crippen molar-refractivity contribution in [1.29, 1.82) is 0 Å². The normalized spacial score (nSPS) is 14.8.